The number of hydrogen-bond acceptors (Lipinski definition) is 7. The van der Waals surface area contributed by atoms with Crippen molar-refractivity contribution in [2.75, 3.05) is 19.7 Å². The van der Waals surface area contributed by atoms with Gasteiger partial charge in [0.15, 0.2) is 6.29 Å². The van der Waals surface area contributed by atoms with Crippen LogP contribution in [0.1, 0.15) is 71.6 Å². The quantitative estimate of drug-likeness (QED) is 0.211. The van der Waals surface area contributed by atoms with E-state index in [9.17, 15) is 19.2 Å². The van der Waals surface area contributed by atoms with Gasteiger partial charge in [0.1, 0.15) is 0 Å². The summed E-state index contributed by atoms with van der Waals surface area (Å²) in [5.41, 5.74) is 4.44. The molecule has 0 radical (unpaired) electrons. The zero-order valence-corrected chi connectivity index (χ0v) is 21.4. The number of amides is 4. The fraction of sp³-hybridized carbons (Fsp3) is 0.692. The molecule has 0 aromatic rings. The third-order valence-electron chi connectivity index (χ3n) is 6.84. The van der Waals surface area contributed by atoms with Gasteiger partial charge in [-0.15, -0.1) is 0 Å². The van der Waals surface area contributed by atoms with E-state index in [0.29, 0.717) is 32.3 Å². The number of allylic oxidation sites excluding steroid dienone is 3. The molecule has 1 unspecified atom stereocenters. The molecule has 0 spiro atoms. The van der Waals surface area contributed by atoms with Crippen molar-refractivity contribution in [1.82, 2.24) is 21.2 Å². The molecule has 2 aliphatic heterocycles. The molecule has 10 nitrogen and oxygen atoms in total. The van der Waals surface area contributed by atoms with E-state index in [-0.39, 0.29) is 36.7 Å². The van der Waals surface area contributed by atoms with Gasteiger partial charge in [-0.05, 0) is 44.4 Å². The van der Waals surface area contributed by atoms with Crippen molar-refractivity contribution in [2.24, 2.45) is 17.3 Å². The Bertz CT molecular complexity index is 835. The number of nitrogens with zero attached hydrogens (tertiary/aromatic N) is 1. The van der Waals surface area contributed by atoms with Crippen LogP contribution in [0.2, 0.25) is 0 Å². The number of hydrazine groups is 1. The first-order chi connectivity index (χ1) is 17.3. The highest BCUT2D eigenvalue weighted by Crippen LogP contribution is 2.35. The minimum absolute atomic E-state index is 0.0174. The lowest BCUT2D eigenvalue weighted by Gasteiger charge is -2.31. The zero-order valence-electron chi connectivity index (χ0n) is 21.4. The Hall–Kier alpha value is -2.56. The molecular formula is C26H40N4O6. The molecule has 3 atom stereocenters. The molecule has 2 saturated heterocycles. The van der Waals surface area contributed by atoms with Crippen LogP contribution in [0, 0.1) is 17.3 Å². The van der Waals surface area contributed by atoms with Crippen molar-refractivity contribution in [3.05, 3.63) is 24.3 Å². The average Bonchev–Trinajstić information content (AvgIpc) is 2.87. The number of carbonyl (C=O) groups excluding carboxylic acids is 4. The lowest BCUT2D eigenvalue weighted by molar-refractivity contribution is -0.203. The van der Waals surface area contributed by atoms with Gasteiger partial charge < -0.3 is 4.74 Å². The monoisotopic (exact) mass is 504 g/mol. The summed E-state index contributed by atoms with van der Waals surface area (Å²) in [7, 11) is 0. The van der Waals surface area contributed by atoms with Crippen molar-refractivity contribution in [1.29, 1.82) is 0 Å². The van der Waals surface area contributed by atoms with Gasteiger partial charge in [0.2, 0.25) is 5.91 Å². The second-order valence-electron chi connectivity index (χ2n) is 10.3. The van der Waals surface area contributed by atoms with Crippen LogP contribution in [0.15, 0.2) is 24.3 Å². The highest BCUT2D eigenvalue weighted by atomic mass is 16.8. The summed E-state index contributed by atoms with van der Waals surface area (Å²) in [5.74, 6) is -1.50. The molecule has 10 heteroatoms. The topological polar surface area (TPSA) is 126 Å². The maximum Gasteiger partial charge on any atom is 0.262 e. The number of rotatable bonds is 12. The SMILES string of the molecule is CC(C)C[C@@H](CCCC[C@@]1(C(=O)NOC2CCCCO2)C=CC=CC1)C(=O)NN1C(=O)CNCC1=O. The van der Waals surface area contributed by atoms with Crippen molar-refractivity contribution in [3.63, 3.8) is 0 Å². The van der Waals surface area contributed by atoms with Crippen LogP contribution < -0.4 is 16.2 Å². The first-order valence-corrected chi connectivity index (χ1v) is 13.1. The third-order valence-corrected chi connectivity index (χ3v) is 6.84. The minimum Gasteiger partial charge on any atom is -0.350 e. The molecule has 3 N–H and O–H groups in total. The van der Waals surface area contributed by atoms with Crippen LogP contribution in [-0.2, 0) is 28.8 Å². The van der Waals surface area contributed by atoms with Gasteiger partial charge in [-0.3, -0.25) is 29.9 Å². The summed E-state index contributed by atoms with van der Waals surface area (Å²) in [6, 6.07) is 0. The highest BCUT2D eigenvalue weighted by Gasteiger charge is 2.36. The van der Waals surface area contributed by atoms with E-state index in [4.69, 9.17) is 9.57 Å². The standard InChI is InChI=1S/C26H40N4O6/c1-19(2)16-20(24(33)28-30-21(31)17-27-18-22(30)32)10-4-8-14-26(12-6-3-7-13-26)25(34)29-36-23-11-5-9-15-35-23/h3,6-7,12,19-20,23,27H,4-5,8-11,13-18H2,1-2H3,(H,28,33)(H,29,34)/t20-,23?,26-/m1/s1. The van der Waals surface area contributed by atoms with Crippen LogP contribution in [0.3, 0.4) is 0 Å². The number of carbonyl (C=O) groups is 4. The zero-order chi connectivity index (χ0) is 26.0. The molecule has 2 heterocycles. The molecular weight excluding hydrogens is 464 g/mol. The van der Waals surface area contributed by atoms with Gasteiger partial charge in [0, 0.05) is 18.9 Å². The lowest BCUT2D eigenvalue weighted by Crippen LogP contribution is -2.60. The number of imide groups is 1. The first kappa shape index (κ1) is 28.0. The molecule has 200 valence electrons. The van der Waals surface area contributed by atoms with E-state index in [0.717, 1.165) is 37.1 Å². The average molecular weight is 505 g/mol. The Kier molecular flexibility index (Phi) is 10.6. The number of ether oxygens (including phenoxy) is 1. The summed E-state index contributed by atoms with van der Waals surface area (Å²) in [4.78, 5) is 55.7. The molecule has 0 saturated carbocycles. The fourth-order valence-corrected chi connectivity index (χ4v) is 4.81. The summed E-state index contributed by atoms with van der Waals surface area (Å²) in [6.07, 6.45) is 14.0. The highest BCUT2D eigenvalue weighted by molar-refractivity contribution is 6.01. The predicted molar refractivity (Wildman–Crippen MR) is 132 cm³/mol. The van der Waals surface area contributed by atoms with Crippen LogP contribution in [-0.4, -0.2) is 54.6 Å². The molecule has 0 bridgehead atoms. The van der Waals surface area contributed by atoms with E-state index < -0.39 is 23.5 Å². The molecule has 4 amide bonds. The van der Waals surface area contributed by atoms with E-state index in [1.807, 2.05) is 38.2 Å². The molecule has 3 rings (SSSR count). The van der Waals surface area contributed by atoms with Crippen molar-refractivity contribution < 1.29 is 28.8 Å². The maximum absolute atomic E-state index is 13.1. The van der Waals surface area contributed by atoms with E-state index >= 15 is 0 Å². The van der Waals surface area contributed by atoms with E-state index in [1.54, 1.807) is 0 Å². The summed E-state index contributed by atoms with van der Waals surface area (Å²) >= 11 is 0. The molecule has 2 fully saturated rings. The van der Waals surface area contributed by atoms with E-state index in [1.165, 1.54) is 0 Å². The minimum atomic E-state index is -0.709. The Morgan fingerprint density at radius 2 is 1.97 bits per heavy atom. The number of unbranched alkanes of at least 4 members (excludes halogenated alkanes) is 1. The number of hydrogen-bond donors (Lipinski definition) is 3. The Morgan fingerprint density at radius 1 is 1.19 bits per heavy atom. The van der Waals surface area contributed by atoms with Gasteiger partial charge in [0.25, 0.3) is 17.7 Å². The van der Waals surface area contributed by atoms with Crippen LogP contribution in [0.5, 0.6) is 0 Å². The Balaban J connectivity index is 1.52. The smallest absolute Gasteiger partial charge is 0.262 e. The Labute approximate surface area is 213 Å². The maximum atomic E-state index is 13.1. The molecule has 0 aromatic heterocycles. The summed E-state index contributed by atoms with van der Waals surface area (Å²) in [5, 5.41) is 3.55. The number of piperazine rings is 1. The van der Waals surface area contributed by atoms with Crippen LogP contribution in [0.4, 0.5) is 0 Å². The van der Waals surface area contributed by atoms with Crippen molar-refractivity contribution in [3.8, 4) is 0 Å². The molecule has 0 aromatic carbocycles. The fourth-order valence-electron chi connectivity index (χ4n) is 4.81. The second-order valence-corrected chi connectivity index (χ2v) is 10.3. The van der Waals surface area contributed by atoms with Crippen molar-refractivity contribution >= 4 is 23.6 Å². The van der Waals surface area contributed by atoms with Crippen LogP contribution >= 0.6 is 0 Å². The summed E-state index contributed by atoms with van der Waals surface area (Å²) < 4.78 is 5.54. The third kappa shape index (κ3) is 7.97. The number of hydroxylamine groups is 1. The number of nitrogens with one attached hydrogen (secondary N) is 3. The van der Waals surface area contributed by atoms with Crippen LogP contribution in [0.25, 0.3) is 0 Å². The van der Waals surface area contributed by atoms with E-state index in [2.05, 4.69) is 16.2 Å². The predicted octanol–water partition coefficient (Wildman–Crippen LogP) is 2.28. The summed E-state index contributed by atoms with van der Waals surface area (Å²) in [6.45, 7) is 4.75. The molecule has 36 heavy (non-hydrogen) atoms. The van der Waals surface area contributed by atoms with Gasteiger partial charge in [-0.1, -0.05) is 51.0 Å². The van der Waals surface area contributed by atoms with Gasteiger partial charge in [-0.2, -0.15) is 5.01 Å². The lowest BCUT2D eigenvalue weighted by atomic mass is 9.76. The molecule has 1 aliphatic carbocycles. The Morgan fingerprint density at radius 3 is 2.61 bits per heavy atom. The van der Waals surface area contributed by atoms with Gasteiger partial charge >= 0.3 is 0 Å². The first-order valence-electron chi connectivity index (χ1n) is 13.1. The largest absolute Gasteiger partial charge is 0.350 e. The second kappa shape index (κ2) is 13.7. The molecule has 3 aliphatic rings. The van der Waals surface area contributed by atoms with Crippen molar-refractivity contribution in [2.45, 2.75) is 77.9 Å². The van der Waals surface area contributed by atoms with Gasteiger partial charge in [0.05, 0.1) is 18.5 Å². The normalized spacial score (nSPS) is 25.2. The van der Waals surface area contributed by atoms with Gasteiger partial charge in [-0.25, -0.2) is 10.3 Å².